The average molecular weight is 533 g/mol. The van der Waals surface area contributed by atoms with Crippen molar-refractivity contribution in [3.05, 3.63) is 88.9 Å². The Hall–Kier alpha value is -2.68. The zero-order valence-electron chi connectivity index (χ0n) is 19.7. The Bertz CT molecular complexity index is 1240. The van der Waals surface area contributed by atoms with Crippen LogP contribution in [0.25, 0.3) is 0 Å². The maximum Gasteiger partial charge on any atom is 0.264 e. The summed E-state index contributed by atoms with van der Waals surface area (Å²) in [4.78, 5) is 12.9. The number of benzene rings is 3. The van der Waals surface area contributed by atoms with E-state index in [9.17, 15) is 13.2 Å². The summed E-state index contributed by atoms with van der Waals surface area (Å²) in [5.74, 6) is 1.68. The smallest absolute Gasteiger partial charge is 0.264 e. The first kappa shape index (κ1) is 26.9. The number of nitrogens with zero attached hydrogens (tertiary/aromatic N) is 1. The molecule has 0 saturated carbocycles. The van der Waals surface area contributed by atoms with E-state index in [4.69, 9.17) is 16.3 Å². The van der Waals surface area contributed by atoms with Gasteiger partial charge in [0.15, 0.2) is 0 Å². The Morgan fingerprint density at radius 2 is 1.83 bits per heavy atom. The number of hydrogen-bond acceptors (Lipinski definition) is 5. The quantitative estimate of drug-likeness (QED) is 0.321. The van der Waals surface area contributed by atoms with Gasteiger partial charge < -0.3 is 10.1 Å². The molecule has 0 heterocycles. The molecule has 0 aliphatic heterocycles. The molecular formula is C26H29ClN2O4S2. The summed E-state index contributed by atoms with van der Waals surface area (Å²) in [6.07, 6.45) is 0.760. The Balaban J connectivity index is 1.64. The van der Waals surface area contributed by atoms with Gasteiger partial charge in [-0.25, -0.2) is 8.42 Å². The molecule has 0 saturated heterocycles. The second-order valence-electron chi connectivity index (χ2n) is 7.89. The molecule has 35 heavy (non-hydrogen) atoms. The Morgan fingerprint density at radius 1 is 1.06 bits per heavy atom. The topological polar surface area (TPSA) is 75.7 Å². The number of methoxy groups -OCH3 is 1. The minimum atomic E-state index is -3.99. The third-order valence-electron chi connectivity index (χ3n) is 5.17. The average Bonchev–Trinajstić information content (AvgIpc) is 2.85. The van der Waals surface area contributed by atoms with Crippen LogP contribution in [-0.2, 0) is 20.6 Å². The molecule has 3 aromatic rings. The number of ether oxygens (including phenoxy) is 1. The SMILES string of the molecule is COc1ccc(C)cc1N(CC(=O)NCCCSCc1cccc(Cl)c1)S(=O)(=O)c1ccccc1. The number of halogens is 1. The fourth-order valence-corrected chi connectivity index (χ4v) is 5.98. The maximum absolute atomic E-state index is 13.5. The van der Waals surface area contributed by atoms with Gasteiger partial charge in [0.05, 0.1) is 17.7 Å². The Labute approximate surface area is 216 Å². The number of hydrogen-bond donors (Lipinski definition) is 1. The molecule has 0 aliphatic carbocycles. The van der Waals surface area contributed by atoms with Crippen molar-refractivity contribution in [2.75, 3.05) is 30.3 Å². The molecular weight excluding hydrogens is 504 g/mol. The molecule has 0 aromatic heterocycles. The van der Waals surface area contributed by atoms with Crippen molar-refractivity contribution < 1.29 is 17.9 Å². The number of anilines is 1. The van der Waals surface area contributed by atoms with Crippen LogP contribution in [0.3, 0.4) is 0 Å². The zero-order valence-corrected chi connectivity index (χ0v) is 22.1. The van der Waals surface area contributed by atoms with Crippen LogP contribution in [-0.4, -0.2) is 40.3 Å². The lowest BCUT2D eigenvalue weighted by Crippen LogP contribution is -2.41. The number of amides is 1. The van der Waals surface area contributed by atoms with Crippen LogP contribution in [0.15, 0.2) is 77.7 Å². The molecule has 1 N–H and O–H groups in total. The van der Waals surface area contributed by atoms with E-state index in [1.165, 1.54) is 19.2 Å². The fraction of sp³-hybridized carbons (Fsp3) is 0.269. The van der Waals surface area contributed by atoms with E-state index in [2.05, 4.69) is 5.32 Å². The summed E-state index contributed by atoms with van der Waals surface area (Å²) in [6.45, 7) is 1.95. The minimum Gasteiger partial charge on any atom is -0.495 e. The lowest BCUT2D eigenvalue weighted by atomic mass is 10.2. The maximum atomic E-state index is 13.5. The van der Waals surface area contributed by atoms with E-state index < -0.39 is 10.0 Å². The first-order valence-corrected chi connectivity index (χ1v) is 14.1. The lowest BCUT2D eigenvalue weighted by Gasteiger charge is -2.26. The van der Waals surface area contributed by atoms with Crippen molar-refractivity contribution in [1.82, 2.24) is 5.32 Å². The van der Waals surface area contributed by atoms with Crippen molar-refractivity contribution in [2.45, 2.75) is 24.0 Å². The van der Waals surface area contributed by atoms with Gasteiger partial charge in [-0.3, -0.25) is 9.10 Å². The molecule has 0 radical (unpaired) electrons. The number of aryl methyl sites for hydroxylation is 1. The van der Waals surface area contributed by atoms with E-state index in [1.54, 1.807) is 42.1 Å². The predicted octanol–water partition coefficient (Wildman–Crippen LogP) is 5.29. The van der Waals surface area contributed by atoms with E-state index in [1.807, 2.05) is 37.3 Å². The number of rotatable bonds is 12. The third-order valence-corrected chi connectivity index (χ3v) is 8.29. The Morgan fingerprint density at radius 3 is 2.54 bits per heavy atom. The number of thioether (sulfide) groups is 1. The predicted molar refractivity (Wildman–Crippen MR) is 144 cm³/mol. The summed E-state index contributed by atoms with van der Waals surface area (Å²) < 4.78 is 33.5. The van der Waals surface area contributed by atoms with Crippen molar-refractivity contribution in [2.24, 2.45) is 0 Å². The molecule has 9 heteroatoms. The van der Waals surface area contributed by atoms with Gasteiger partial charge in [0, 0.05) is 17.3 Å². The van der Waals surface area contributed by atoms with Crippen LogP contribution >= 0.6 is 23.4 Å². The summed E-state index contributed by atoms with van der Waals surface area (Å²) >= 11 is 7.77. The van der Waals surface area contributed by atoms with Crippen LogP contribution in [0.1, 0.15) is 17.5 Å². The van der Waals surface area contributed by atoms with E-state index in [0.717, 1.165) is 38.4 Å². The highest BCUT2D eigenvalue weighted by Crippen LogP contribution is 2.33. The van der Waals surface area contributed by atoms with Gasteiger partial charge >= 0.3 is 0 Å². The summed E-state index contributed by atoms with van der Waals surface area (Å²) in [5, 5.41) is 3.56. The molecule has 0 unspecified atom stereocenters. The first-order valence-electron chi connectivity index (χ1n) is 11.1. The van der Waals surface area contributed by atoms with Crippen molar-refractivity contribution >= 4 is 45.0 Å². The van der Waals surface area contributed by atoms with Crippen molar-refractivity contribution in [3.8, 4) is 5.75 Å². The van der Waals surface area contributed by atoms with E-state index in [0.29, 0.717) is 18.0 Å². The van der Waals surface area contributed by atoms with Gasteiger partial charge in [0.25, 0.3) is 10.0 Å². The van der Waals surface area contributed by atoms with Crippen molar-refractivity contribution in [3.63, 3.8) is 0 Å². The molecule has 1 amide bonds. The largest absolute Gasteiger partial charge is 0.495 e. The molecule has 0 atom stereocenters. The van der Waals surface area contributed by atoms with Crippen LogP contribution in [0, 0.1) is 6.92 Å². The molecule has 3 rings (SSSR count). The first-order chi connectivity index (χ1) is 16.8. The van der Waals surface area contributed by atoms with Crippen LogP contribution in [0.5, 0.6) is 5.75 Å². The fourth-order valence-electron chi connectivity index (χ4n) is 3.42. The summed E-state index contributed by atoms with van der Waals surface area (Å²) in [6, 6.07) is 21.1. The van der Waals surface area contributed by atoms with E-state index in [-0.39, 0.29) is 17.3 Å². The van der Waals surface area contributed by atoms with Gasteiger partial charge in [-0.05, 0) is 66.6 Å². The molecule has 186 valence electrons. The highest BCUT2D eigenvalue weighted by atomic mass is 35.5. The van der Waals surface area contributed by atoms with Gasteiger partial charge in [-0.15, -0.1) is 0 Å². The lowest BCUT2D eigenvalue weighted by molar-refractivity contribution is -0.119. The second-order valence-corrected chi connectivity index (χ2v) is 11.3. The number of carbonyl (C=O) groups is 1. The van der Waals surface area contributed by atoms with Gasteiger partial charge in [0.2, 0.25) is 5.91 Å². The number of nitrogens with one attached hydrogen (secondary N) is 1. The van der Waals surface area contributed by atoms with Crippen LogP contribution in [0.2, 0.25) is 5.02 Å². The number of sulfonamides is 1. The molecule has 0 bridgehead atoms. The van der Waals surface area contributed by atoms with Gasteiger partial charge in [-0.1, -0.05) is 48.0 Å². The van der Waals surface area contributed by atoms with E-state index >= 15 is 0 Å². The monoisotopic (exact) mass is 532 g/mol. The van der Waals surface area contributed by atoms with Crippen molar-refractivity contribution in [1.29, 1.82) is 0 Å². The highest BCUT2D eigenvalue weighted by molar-refractivity contribution is 7.98. The summed E-state index contributed by atoms with van der Waals surface area (Å²) in [5.41, 5.74) is 2.33. The molecule has 0 aliphatic rings. The minimum absolute atomic E-state index is 0.105. The Kier molecular flexibility index (Phi) is 9.89. The highest BCUT2D eigenvalue weighted by Gasteiger charge is 2.29. The third kappa shape index (κ3) is 7.65. The van der Waals surface area contributed by atoms with Gasteiger partial charge in [-0.2, -0.15) is 11.8 Å². The second kappa shape index (κ2) is 12.9. The normalized spacial score (nSPS) is 11.2. The zero-order chi connectivity index (χ0) is 25.3. The van der Waals surface area contributed by atoms with Crippen LogP contribution in [0.4, 0.5) is 5.69 Å². The molecule has 6 nitrogen and oxygen atoms in total. The standard InChI is InChI=1S/C26H29ClN2O4S2/c1-20-12-13-25(33-2)24(16-20)29(35(31,32)23-10-4-3-5-11-23)18-26(30)28-14-7-15-34-19-21-8-6-9-22(27)17-21/h3-6,8-13,16-17H,7,14-15,18-19H2,1-2H3,(H,28,30). The van der Waals surface area contributed by atoms with Crippen LogP contribution < -0.4 is 14.4 Å². The summed E-state index contributed by atoms with van der Waals surface area (Å²) in [7, 11) is -2.52. The molecule has 0 spiro atoms. The molecule has 3 aromatic carbocycles. The van der Waals surface area contributed by atoms with Gasteiger partial charge in [0.1, 0.15) is 12.3 Å². The number of carbonyl (C=O) groups excluding carboxylic acids is 1. The molecule has 0 fully saturated rings.